The summed E-state index contributed by atoms with van der Waals surface area (Å²) >= 11 is 13.4. The molecule has 0 aliphatic rings. The first kappa shape index (κ1) is 18.3. The summed E-state index contributed by atoms with van der Waals surface area (Å²) in [6.45, 7) is 0. The van der Waals surface area contributed by atoms with E-state index in [-0.39, 0.29) is 4.90 Å². The lowest BCUT2D eigenvalue weighted by Crippen LogP contribution is -2.28. The molecule has 0 saturated heterocycles. The monoisotopic (exact) mass is 481 g/mol. The minimum Gasteiger partial charge on any atom is -0.310 e. The normalized spacial score (nSPS) is 10.9. The molecule has 4 nitrogen and oxygen atoms in total. The topological polar surface area (TPSA) is 63.2 Å². The van der Waals surface area contributed by atoms with Gasteiger partial charge in [-0.25, -0.2) is 8.42 Å². The lowest BCUT2D eigenvalue weighted by atomic mass is 10.2. The molecule has 0 saturated carbocycles. The molecule has 23 heavy (non-hydrogen) atoms. The number of nitrogens with one attached hydrogen (secondary N) is 1. The summed E-state index contributed by atoms with van der Waals surface area (Å²) < 4.78 is 25.3. The van der Waals surface area contributed by atoms with E-state index in [1.807, 2.05) is 22.6 Å². The second kappa shape index (κ2) is 7.65. The molecule has 0 aliphatic heterocycles. The van der Waals surface area contributed by atoms with E-state index in [0.717, 1.165) is 0 Å². The second-order valence-corrected chi connectivity index (χ2v) is 8.34. The number of hydrogen-bond acceptors (Lipinski definition) is 3. The minimum atomic E-state index is -4.03. The minimum absolute atomic E-state index is 0.0168. The molecule has 8 heteroatoms. The highest BCUT2D eigenvalue weighted by Crippen LogP contribution is 2.25. The van der Waals surface area contributed by atoms with Gasteiger partial charge in [-0.15, -0.1) is 0 Å². The molecule has 120 valence electrons. The van der Waals surface area contributed by atoms with Gasteiger partial charge in [0.15, 0.2) is 5.03 Å². The molecule has 0 fully saturated rings. The Morgan fingerprint density at radius 1 is 0.957 bits per heavy atom. The summed E-state index contributed by atoms with van der Waals surface area (Å²) in [5, 5.41) is 1.75. The Bertz CT molecular complexity index is 863. The van der Waals surface area contributed by atoms with E-state index in [1.165, 1.54) is 12.1 Å². The molecular formula is C15H10Cl2INO3S. The van der Waals surface area contributed by atoms with Gasteiger partial charge in [0.25, 0.3) is 5.91 Å². The summed E-state index contributed by atoms with van der Waals surface area (Å²) in [6, 6.07) is 14.3. The average Bonchev–Trinajstić information content (AvgIpc) is 2.53. The molecule has 0 aliphatic carbocycles. The zero-order valence-corrected chi connectivity index (χ0v) is 15.9. The van der Waals surface area contributed by atoms with Crippen molar-refractivity contribution in [3.05, 3.63) is 73.3 Å². The molecule has 0 radical (unpaired) electrons. The predicted molar refractivity (Wildman–Crippen MR) is 99.0 cm³/mol. The van der Waals surface area contributed by atoms with Crippen molar-refractivity contribution in [2.24, 2.45) is 0 Å². The van der Waals surface area contributed by atoms with E-state index in [9.17, 15) is 13.2 Å². The van der Waals surface area contributed by atoms with Gasteiger partial charge in [0.05, 0.1) is 10.5 Å². The third kappa shape index (κ3) is 4.26. The highest BCUT2D eigenvalue weighted by atomic mass is 127. The summed E-state index contributed by atoms with van der Waals surface area (Å²) in [7, 11) is -4.03. The van der Waals surface area contributed by atoms with Crippen LogP contribution in [0.5, 0.6) is 0 Å². The number of hydrogen-bond donors (Lipinski definition) is 1. The van der Waals surface area contributed by atoms with Crippen molar-refractivity contribution in [2.45, 2.75) is 4.90 Å². The number of benzene rings is 2. The lowest BCUT2D eigenvalue weighted by Gasteiger charge is -2.12. The number of rotatable bonds is 4. The zero-order valence-electron chi connectivity index (χ0n) is 11.5. The fourth-order valence-electron chi connectivity index (χ4n) is 1.75. The average molecular weight is 482 g/mol. The van der Waals surface area contributed by atoms with Gasteiger partial charge < -0.3 is 5.32 Å². The molecule has 0 unspecified atom stereocenters. The van der Waals surface area contributed by atoms with Gasteiger partial charge in [0.2, 0.25) is 9.84 Å². The maximum Gasteiger partial charge on any atom is 0.257 e. The van der Waals surface area contributed by atoms with Gasteiger partial charge in [0.1, 0.15) is 4.49 Å². The van der Waals surface area contributed by atoms with E-state index < -0.39 is 25.3 Å². The van der Waals surface area contributed by atoms with E-state index in [1.54, 1.807) is 42.5 Å². The Labute approximate surface area is 157 Å². The van der Waals surface area contributed by atoms with Gasteiger partial charge in [-0.3, -0.25) is 4.79 Å². The van der Waals surface area contributed by atoms with Gasteiger partial charge in [-0.1, -0.05) is 53.5 Å². The number of carbonyl (C=O) groups is 1. The van der Waals surface area contributed by atoms with E-state index in [4.69, 9.17) is 23.2 Å². The first-order valence-corrected chi connectivity index (χ1v) is 9.57. The molecular weight excluding hydrogens is 472 g/mol. The van der Waals surface area contributed by atoms with Crippen molar-refractivity contribution in [2.75, 3.05) is 0 Å². The predicted octanol–water partition coefficient (Wildman–Crippen LogP) is 4.10. The van der Waals surface area contributed by atoms with Gasteiger partial charge in [-0.05, 0) is 46.9 Å². The van der Waals surface area contributed by atoms with Crippen LogP contribution in [0.1, 0.15) is 10.4 Å². The molecule has 2 aromatic rings. The first-order chi connectivity index (χ1) is 10.8. The van der Waals surface area contributed by atoms with Crippen molar-refractivity contribution in [3.8, 4) is 0 Å². The summed E-state index contributed by atoms with van der Waals surface area (Å²) in [5.41, 5.74) is 0.323. The highest BCUT2D eigenvalue weighted by Gasteiger charge is 2.26. The molecule has 0 atom stereocenters. The Kier molecular flexibility index (Phi) is 6.07. The maximum atomic E-state index is 12.6. The second-order valence-electron chi connectivity index (χ2n) is 4.34. The standard InChI is InChI=1S/C15H10Cl2INO3S/c16-13(17)15(23(21,22)10-6-2-1-3-7-10)19-14(20)11-8-4-5-9-12(11)18/h1-9H,(H,19,20). The van der Waals surface area contributed by atoms with Crippen LogP contribution < -0.4 is 5.32 Å². The van der Waals surface area contributed by atoms with Crippen molar-refractivity contribution in [1.82, 2.24) is 5.32 Å². The molecule has 2 aromatic carbocycles. The fourth-order valence-corrected chi connectivity index (χ4v) is 4.27. The van der Waals surface area contributed by atoms with Gasteiger partial charge in [0, 0.05) is 3.57 Å². The summed E-state index contributed by atoms with van der Waals surface area (Å²) in [4.78, 5) is 12.3. The maximum absolute atomic E-state index is 12.6. The Balaban J connectivity index is 2.41. The van der Waals surface area contributed by atoms with Crippen LogP contribution in [0, 0.1) is 3.57 Å². The van der Waals surface area contributed by atoms with E-state index in [0.29, 0.717) is 9.13 Å². The molecule has 1 N–H and O–H groups in total. The first-order valence-electron chi connectivity index (χ1n) is 6.25. The highest BCUT2D eigenvalue weighted by molar-refractivity contribution is 14.1. The smallest absolute Gasteiger partial charge is 0.257 e. The third-order valence-electron chi connectivity index (χ3n) is 2.84. The van der Waals surface area contributed by atoms with Crippen molar-refractivity contribution in [3.63, 3.8) is 0 Å². The summed E-state index contributed by atoms with van der Waals surface area (Å²) in [6.07, 6.45) is 0. The molecule has 0 aromatic heterocycles. The quantitative estimate of drug-likeness (QED) is 0.668. The SMILES string of the molecule is O=C(NC(=C(Cl)Cl)S(=O)(=O)c1ccccc1)c1ccccc1I. The molecule has 0 bridgehead atoms. The van der Waals surface area contributed by atoms with E-state index in [2.05, 4.69) is 5.32 Å². The number of halogens is 3. The van der Waals surface area contributed by atoms with Crippen molar-refractivity contribution >= 4 is 61.5 Å². The molecule has 0 spiro atoms. The Morgan fingerprint density at radius 2 is 1.52 bits per heavy atom. The van der Waals surface area contributed by atoms with Crippen LogP contribution in [0.3, 0.4) is 0 Å². The zero-order chi connectivity index (χ0) is 17.0. The van der Waals surface area contributed by atoms with Crippen molar-refractivity contribution in [1.29, 1.82) is 0 Å². The summed E-state index contributed by atoms with van der Waals surface area (Å²) in [5.74, 6) is -0.608. The van der Waals surface area contributed by atoms with Crippen LogP contribution in [0.2, 0.25) is 0 Å². The fraction of sp³-hybridized carbons (Fsp3) is 0. The van der Waals surface area contributed by atoms with Crippen LogP contribution >= 0.6 is 45.8 Å². The van der Waals surface area contributed by atoms with Gasteiger partial charge in [-0.2, -0.15) is 0 Å². The van der Waals surface area contributed by atoms with Crippen molar-refractivity contribution < 1.29 is 13.2 Å². The van der Waals surface area contributed by atoms with Crippen LogP contribution in [-0.2, 0) is 9.84 Å². The van der Waals surface area contributed by atoms with Crippen LogP contribution in [-0.4, -0.2) is 14.3 Å². The largest absolute Gasteiger partial charge is 0.310 e. The van der Waals surface area contributed by atoms with Gasteiger partial charge >= 0.3 is 0 Å². The lowest BCUT2D eigenvalue weighted by molar-refractivity contribution is 0.0967. The molecule has 2 rings (SSSR count). The molecule has 1 amide bonds. The Hall–Kier alpha value is -1.09. The number of amides is 1. The number of sulfone groups is 1. The van der Waals surface area contributed by atoms with Crippen LogP contribution in [0.15, 0.2) is 69.0 Å². The Morgan fingerprint density at radius 3 is 2.09 bits per heavy atom. The molecule has 0 heterocycles. The van der Waals surface area contributed by atoms with Crippen LogP contribution in [0.25, 0.3) is 0 Å². The van der Waals surface area contributed by atoms with E-state index >= 15 is 0 Å². The van der Waals surface area contributed by atoms with Crippen LogP contribution in [0.4, 0.5) is 0 Å². The number of carbonyl (C=O) groups excluding carboxylic acids is 1. The third-order valence-corrected chi connectivity index (χ3v) is 6.12.